The molecule has 1 N–H and O–H groups in total. The molecular weight excluding hydrogens is 524 g/mol. The maximum Gasteiger partial charge on any atom is 0.188 e. The summed E-state index contributed by atoms with van der Waals surface area (Å²) in [7, 11) is 1.78. The monoisotopic (exact) mass is 574 g/mol. The van der Waals surface area contributed by atoms with Gasteiger partial charge in [0.15, 0.2) is 11.6 Å². The summed E-state index contributed by atoms with van der Waals surface area (Å²) in [5.41, 5.74) is 0.730. The molecule has 8 atom stereocenters. The molecule has 42 heavy (non-hydrogen) atoms. The number of aryl methyl sites for hydroxylation is 1. The molecule has 1 aromatic rings. The van der Waals surface area contributed by atoms with Crippen LogP contribution in [0, 0.1) is 74.4 Å². The molecule has 228 valence electrons. The van der Waals surface area contributed by atoms with Gasteiger partial charge in [-0.15, -0.1) is 10.2 Å². The first-order valence-electron chi connectivity index (χ1n) is 16.3. The van der Waals surface area contributed by atoms with E-state index in [2.05, 4.69) is 75.3 Å². The van der Waals surface area contributed by atoms with E-state index in [0.29, 0.717) is 23.7 Å². The first kappa shape index (κ1) is 29.7. The number of nitriles is 1. The fourth-order valence-corrected chi connectivity index (χ4v) is 11.4. The quantitative estimate of drug-likeness (QED) is 0.508. The first-order valence-corrected chi connectivity index (χ1v) is 16.3. The van der Waals surface area contributed by atoms with E-state index in [-0.39, 0.29) is 63.5 Å². The minimum atomic E-state index is -0.504. The summed E-state index contributed by atoms with van der Waals surface area (Å²) in [4.78, 5) is 30.0. The van der Waals surface area contributed by atoms with E-state index in [9.17, 15) is 14.9 Å². The number of nitrogens with one attached hydrogen (secondary N) is 1. The van der Waals surface area contributed by atoms with Gasteiger partial charge in [0.1, 0.15) is 11.9 Å². The minimum Gasteiger partial charge on any atom is -0.309 e. The topological polar surface area (TPSA) is 114 Å². The van der Waals surface area contributed by atoms with Crippen molar-refractivity contribution in [2.75, 3.05) is 6.54 Å². The van der Waals surface area contributed by atoms with Gasteiger partial charge in [-0.05, 0) is 88.7 Å². The van der Waals surface area contributed by atoms with Crippen LogP contribution in [0.25, 0.3) is 0 Å². The van der Waals surface area contributed by atoms with Gasteiger partial charge in [-0.1, -0.05) is 61.3 Å². The molecule has 5 aliphatic rings. The number of nitrogens with zero attached hydrogens (tertiary/aromatic N) is 5. The Hall–Kier alpha value is -2.40. The maximum atomic E-state index is 14.7. The zero-order chi connectivity index (χ0) is 30.4. The lowest BCUT2D eigenvalue weighted by molar-refractivity contribution is -0.170. The van der Waals surface area contributed by atoms with Gasteiger partial charge >= 0.3 is 0 Å². The van der Waals surface area contributed by atoms with Crippen molar-refractivity contribution in [3.63, 3.8) is 0 Å². The molecule has 8 nitrogen and oxygen atoms in total. The number of allylic oxidation sites excluding steroid dienone is 2. The van der Waals surface area contributed by atoms with Crippen molar-refractivity contribution in [2.24, 2.45) is 70.1 Å². The Morgan fingerprint density at radius 2 is 1.81 bits per heavy atom. The predicted octanol–water partition coefficient (Wildman–Crippen LogP) is 5.46. The molecule has 1 heterocycles. The zero-order valence-electron chi connectivity index (χ0n) is 27.0. The number of rotatable bonds is 4. The van der Waals surface area contributed by atoms with Crippen molar-refractivity contribution in [1.29, 1.82) is 5.26 Å². The number of hydrogen-bond acceptors (Lipinski definition) is 7. The highest BCUT2D eigenvalue weighted by Gasteiger charge is 2.67. The Morgan fingerprint density at radius 1 is 1.07 bits per heavy atom. The SMILES string of the molecule is CC1C(=O)C(C)(C)C2C(C3=C(C#N)C(=O)C4C(CCC5(CNCc6nnn(C)n6)CCCCC45)C3CC2(C)C)C1(C)C. The van der Waals surface area contributed by atoms with Gasteiger partial charge < -0.3 is 5.32 Å². The molecule has 4 fully saturated rings. The molecule has 6 rings (SSSR count). The fourth-order valence-electron chi connectivity index (χ4n) is 11.4. The van der Waals surface area contributed by atoms with E-state index in [0.717, 1.165) is 50.6 Å². The number of hydrogen-bond donors (Lipinski definition) is 1. The fraction of sp³-hybridized carbons (Fsp3) is 0.824. The minimum absolute atomic E-state index is 0.0488. The lowest BCUT2D eigenvalue weighted by Crippen LogP contribution is -2.64. The zero-order valence-corrected chi connectivity index (χ0v) is 27.0. The smallest absolute Gasteiger partial charge is 0.188 e. The predicted molar refractivity (Wildman–Crippen MR) is 159 cm³/mol. The number of tetrazole rings is 1. The molecule has 0 amide bonds. The van der Waals surface area contributed by atoms with Crippen molar-refractivity contribution in [3.05, 3.63) is 17.0 Å². The summed E-state index contributed by atoms with van der Waals surface area (Å²) in [6, 6.07) is 2.52. The molecule has 1 aromatic heterocycles. The molecule has 0 saturated heterocycles. The van der Waals surface area contributed by atoms with E-state index in [1.54, 1.807) is 7.05 Å². The summed E-state index contributed by atoms with van der Waals surface area (Å²) in [5, 5.41) is 26.8. The van der Waals surface area contributed by atoms with Crippen LogP contribution in [0.3, 0.4) is 0 Å². The third-order valence-electron chi connectivity index (χ3n) is 13.3. The summed E-state index contributed by atoms with van der Waals surface area (Å²) < 4.78 is 0. The van der Waals surface area contributed by atoms with Crippen LogP contribution >= 0.6 is 0 Å². The van der Waals surface area contributed by atoms with E-state index >= 15 is 0 Å². The van der Waals surface area contributed by atoms with Crippen LogP contribution in [-0.4, -0.2) is 38.3 Å². The molecule has 8 unspecified atom stereocenters. The van der Waals surface area contributed by atoms with E-state index < -0.39 is 5.41 Å². The number of Topliss-reactive ketones (excluding diaryl/α,β-unsaturated/α-hetero) is 2. The molecule has 0 aliphatic heterocycles. The molecule has 5 aliphatic carbocycles. The van der Waals surface area contributed by atoms with E-state index in [1.807, 2.05) is 0 Å². The molecule has 0 bridgehead atoms. The first-order chi connectivity index (χ1) is 19.7. The van der Waals surface area contributed by atoms with E-state index in [4.69, 9.17) is 0 Å². The van der Waals surface area contributed by atoms with Gasteiger partial charge in [0.05, 0.1) is 19.2 Å². The van der Waals surface area contributed by atoms with Crippen LogP contribution in [0.15, 0.2) is 11.1 Å². The highest BCUT2D eigenvalue weighted by Crippen LogP contribution is 2.70. The Kier molecular flexibility index (Phi) is 6.93. The standard InChI is InChI=1S/C34H50N6O2/c1-19-30(42)33(6,7)29-27(32(19,4)5)25-21(15-31(29,2)3)20-12-14-34(18-36-17-24-37-39-40(8)38-24)13-10-9-11-23(34)26(20)28(41)22(25)16-35/h19-21,23,26-27,29,36H,9-15,17-18H2,1-8H3. The maximum absolute atomic E-state index is 14.7. The molecular formula is C34H50N6O2. The molecule has 0 radical (unpaired) electrons. The molecule has 8 heteroatoms. The highest BCUT2D eigenvalue weighted by molar-refractivity contribution is 6.03. The average Bonchev–Trinajstić information content (AvgIpc) is 3.35. The Balaban J connectivity index is 1.40. The summed E-state index contributed by atoms with van der Waals surface area (Å²) in [5.74, 6) is 1.83. The second-order valence-corrected chi connectivity index (χ2v) is 16.4. The number of carbonyl (C=O) groups is 2. The summed E-state index contributed by atoms with van der Waals surface area (Å²) in [6.07, 6.45) is 7.59. The normalized spacial score (nSPS) is 39.9. The van der Waals surface area contributed by atoms with Gasteiger partial charge in [0.25, 0.3) is 0 Å². The van der Waals surface area contributed by atoms with Crippen molar-refractivity contribution in [2.45, 2.75) is 100.0 Å². The third-order valence-corrected chi connectivity index (χ3v) is 13.3. The molecule has 0 aromatic carbocycles. The van der Waals surface area contributed by atoms with Gasteiger partial charge in [-0.2, -0.15) is 10.1 Å². The van der Waals surface area contributed by atoms with Crippen molar-refractivity contribution >= 4 is 11.6 Å². The molecule has 0 spiro atoms. The number of fused-ring (bicyclic) bond motifs is 7. The highest BCUT2D eigenvalue weighted by atomic mass is 16.1. The largest absolute Gasteiger partial charge is 0.309 e. The van der Waals surface area contributed by atoms with Gasteiger partial charge in [0, 0.05) is 23.8 Å². The Morgan fingerprint density at radius 3 is 2.48 bits per heavy atom. The lowest BCUT2D eigenvalue weighted by Gasteiger charge is -2.66. The summed E-state index contributed by atoms with van der Waals surface area (Å²) >= 11 is 0. The van der Waals surface area contributed by atoms with Crippen LogP contribution in [-0.2, 0) is 23.2 Å². The second kappa shape index (κ2) is 9.81. The van der Waals surface area contributed by atoms with E-state index in [1.165, 1.54) is 11.2 Å². The summed E-state index contributed by atoms with van der Waals surface area (Å²) in [6.45, 7) is 16.9. The lowest BCUT2D eigenvalue weighted by atomic mass is 9.36. The number of aromatic nitrogens is 4. The Labute approximate surface area is 251 Å². The van der Waals surface area contributed by atoms with Gasteiger partial charge in [-0.25, -0.2) is 0 Å². The van der Waals surface area contributed by atoms with Crippen LogP contribution in [0.1, 0.15) is 99.2 Å². The second-order valence-electron chi connectivity index (χ2n) is 16.4. The molecule has 4 saturated carbocycles. The Bertz CT molecular complexity index is 1360. The van der Waals surface area contributed by atoms with Crippen molar-refractivity contribution in [3.8, 4) is 6.07 Å². The van der Waals surface area contributed by atoms with Crippen LogP contribution < -0.4 is 5.32 Å². The third kappa shape index (κ3) is 4.12. The number of ketones is 2. The average molecular weight is 575 g/mol. The van der Waals surface area contributed by atoms with Crippen LogP contribution in [0.4, 0.5) is 0 Å². The van der Waals surface area contributed by atoms with Crippen LogP contribution in [0.2, 0.25) is 0 Å². The number of carbonyl (C=O) groups excluding carboxylic acids is 2. The van der Waals surface area contributed by atoms with Crippen LogP contribution in [0.5, 0.6) is 0 Å². The van der Waals surface area contributed by atoms with Crippen molar-refractivity contribution < 1.29 is 9.59 Å². The van der Waals surface area contributed by atoms with Gasteiger partial charge in [0.2, 0.25) is 0 Å². The van der Waals surface area contributed by atoms with Gasteiger partial charge in [-0.3, -0.25) is 9.59 Å². The van der Waals surface area contributed by atoms with Crippen molar-refractivity contribution in [1.82, 2.24) is 25.5 Å².